The van der Waals surface area contributed by atoms with E-state index < -0.39 is 5.97 Å². The standard InChI is InChI=1S/C16H22N2O4/c19-15(8-10-22-14-6-2-1-3-7-14)17-12-18-9-4-5-13(11-18)16(20)21/h1-3,6-7,13H,4-5,8-12H2,(H,17,19)(H,20,21). The number of ether oxygens (including phenoxy) is 1. The summed E-state index contributed by atoms with van der Waals surface area (Å²) in [5, 5.41) is 11.8. The van der Waals surface area contributed by atoms with Crippen LogP contribution in [-0.4, -0.2) is 48.2 Å². The lowest BCUT2D eigenvalue weighted by molar-refractivity contribution is -0.143. The summed E-state index contributed by atoms with van der Waals surface area (Å²) in [4.78, 5) is 24.7. The number of likely N-dealkylation sites (tertiary alicyclic amines) is 1. The van der Waals surface area contributed by atoms with Gasteiger partial charge in [0.15, 0.2) is 0 Å². The van der Waals surface area contributed by atoms with Crippen LogP contribution in [0.5, 0.6) is 5.75 Å². The smallest absolute Gasteiger partial charge is 0.307 e. The van der Waals surface area contributed by atoms with Gasteiger partial charge >= 0.3 is 5.97 Å². The van der Waals surface area contributed by atoms with Gasteiger partial charge in [0.05, 0.1) is 25.6 Å². The molecule has 1 unspecified atom stereocenters. The highest BCUT2D eigenvalue weighted by atomic mass is 16.5. The van der Waals surface area contributed by atoms with Crippen LogP contribution in [0.4, 0.5) is 0 Å². The van der Waals surface area contributed by atoms with Crippen LogP contribution in [0, 0.1) is 5.92 Å². The Labute approximate surface area is 130 Å². The second kappa shape index (κ2) is 8.38. The van der Waals surface area contributed by atoms with Crippen LogP contribution in [-0.2, 0) is 9.59 Å². The summed E-state index contributed by atoms with van der Waals surface area (Å²) < 4.78 is 5.46. The molecule has 1 aromatic carbocycles. The highest BCUT2D eigenvalue weighted by Crippen LogP contribution is 2.15. The van der Waals surface area contributed by atoms with Gasteiger partial charge < -0.3 is 15.2 Å². The molecule has 0 saturated carbocycles. The molecule has 2 N–H and O–H groups in total. The molecule has 120 valence electrons. The van der Waals surface area contributed by atoms with Crippen molar-refractivity contribution in [1.82, 2.24) is 10.2 Å². The van der Waals surface area contributed by atoms with Crippen molar-refractivity contribution < 1.29 is 19.4 Å². The third-order valence-electron chi connectivity index (χ3n) is 3.70. The number of benzene rings is 1. The number of carbonyl (C=O) groups excluding carboxylic acids is 1. The first-order valence-electron chi connectivity index (χ1n) is 7.55. The first-order chi connectivity index (χ1) is 10.6. The van der Waals surface area contributed by atoms with Crippen molar-refractivity contribution in [1.29, 1.82) is 0 Å². The lowest BCUT2D eigenvalue weighted by Crippen LogP contribution is -2.45. The Balaban J connectivity index is 1.62. The van der Waals surface area contributed by atoms with Crippen molar-refractivity contribution in [3.05, 3.63) is 30.3 Å². The molecule has 0 radical (unpaired) electrons. The number of hydrogen-bond acceptors (Lipinski definition) is 4. The summed E-state index contributed by atoms with van der Waals surface area (Å²) >= 11 is 0. The van der Waals surface area contributed by atoms with Gasteiger partial charge in [-0.05, 0) is 31.5 Å². The number of rotatable bonds is 7. The number of nitrogens with one attached hydrogen (secondary N) is 1. The molecule has 1 heterocycles. The highest BCUT2D eigenvalue weighted by Gasteiger charge is 2.25. The number of carboxylic acid groups (broad SMARTS) is 1. The van der Waals surface area contributed by atoms with Crippen molar-refractivity contribution in [2.45, 2.75) is 19.3 Å². The summed E-state index contributed by atoms with van der Waals surface area (Å²) in [5.74, 6) is -0.427. The number of aliphatic carboxylic acids is 1. The van der Waals surface area contributed by atoms with E-state index in [2.05, 4.69) is 5.32 Å². The van der Waals surface area contributed by atoms with E-state index in [0.29, 0.717) is 26.2 Å². The van der Waals surface area contributed by atoms with Gasteiger partial charge in [-0.15, -0.1) is 0 Å². The van der Waals surface area contributed by atoms with Crippen LogP contribution in [0.3, 0.4) is 0 Å². The van der Waals surface area contributed by atoms with E-state index in [1.807, 2.05) is 35.2 Å². The summed E-state index contributed by atoms with van der Waals surface area (Å²) in [6.07, 6.45) is 1.85. The molecule has 22 heavy (non-hydrogen) atoms. The molecule has 1 atom stereocenters. The predicted octanol–water partition coefficient (Wildman–Crippen LogP) is 1.33. The zero-order chi connectivity index (χ0) is 15.8. The van der Waals surface area contributed by atoms with Crippen LogP contribution in [0.1, 0.15) is 19.3 Å². The number of carbonyl (C=O) groups is 2. The van der Waals surface area contributed by atoms with Crippen LogP contribution in [0.15, 0.2) is 30.3 Å². The van der Waals surface area contributed by atoms with Crippen LogP contribution < -0.4 is 10.1 Å². The van der Waals surface area contributed by atoms with Gasteiger partial charge in [0.25, 0.3) is 0 Å². The van der Waals surface area contributed by atoms with Gasteiger partial charge in [0, 0.05) is 6.54 Å². The topological polar surface area (TPSA) is 78.9 Å². The largest absolute Gasteiger partial charge is 0.493 e. The Bertz CT molecular complexity index is 492. The number of para-hydroxylation sites is 1. The van der Waals surface area contributed by atoms with Crippen LogP contribution in [0.2, 0.25) is 0 Å². The van der Waals surface area contributed by atoms with Crippen molar-refractivity contribution in [2.24, 2.45) is 5.92 Å². The molecular weight excluding hydrogens is 284 g/mol. The van der Waals surface area contributed by atoms with Gasteiger partial charge in [-0.1, -0.05) is 18.2 Å². The molecule has 6 heteroatoms. The molecule has 1 aliphatic heterocycles. The Kier molecular flexibility index (Phi) is 6.21. The molecule has 1 aromatic rings. The highest BCUT2D eigenvalue weighted by molar-refractivity contribution is 5.76. The van der Waals surface area contributed by atoms with Crippen LogP contribution >= 0.6 is 0 Å². The maximum atomic E-state index is 11.8. The summed E-state index contributed by atoms with van der Waals surface area (Å²) in [6.45, 7) is 2.04. The lowest BCUT2D eigenvalue weighted by atomic mass is 9.99. The first-order valence-corrected chi connectivity index (χ1v) is 7.55. The normalized spacial score (nSPS) is 18.6. The second-order valence-corrected chi connectivity index (χ2v) is 5.42. The Morgan fingerprint density at radius 1 is 1.32 bits per heavy atom. The molecule has 1 saturated heterocycles. The second-order valence-electron chi connectivity index (χ2n) is 5.42. The summed E-state index contributed by atoms with van der Waals surface area (Å²) in [6, 6.07) is 9.35. The molecule has 1 aliphatic rings. The van der Waals surface area contributed by atoms with Gasteiger partial charge in [0.1, 0.15) is 5.75 Å². The third-order valence-corrected chi connectivity index (χ3v) is 3.70. The molecule has 0 aromatic heterocycles. The monoisotopic (exact) mass is 306 g/mol. The average Bonchev–Trinajstić information content (AvgIpc) is 2.54. The number of piperidine rings is 1. The van der Waals surface area contributed by atoms with E-state index in [0.717, 1.165) is 18.7 Å². The first kappa shape index (κ1) is 16.3. The van der Waals surface area contributed by atoms with Gasteiger partial charge in [0.2, 0.25) is 5.91 Å². The Morgan fingerprint density at radius 3 is 2.82 bits per heavy atom. The Hall–Kier alpha value is -2.08. The number of amides is 1. The quantitative estimate of drug-likeness (QED) is 0.794. The molecule has 1 fully saturated rings. The summed E-state index contributed by atoms with van der Waals surface area (Å²) in [5.41, 5.74) is 0. The van der Waals surface area contributed by atoms with Crippen molar-refractivity contribution >= 4 is 11.9 Å². The van der Waals surface area contributed by atoms with Crippen LogP contribution in [0.25, 0.3) is 0 Å². The molecule has 0 spiro atoms. The van der Waals surface area contributed by atoms with E-state index in [9.17, 15) is 9.59 Å². The lowest BCUT2D eigenvalue weighted by Gasteiger charge is -2.30. The van der Waals surface area contributed by atoms with Crippen molar-refractivity contribution in [3.63, 3.8) is 0 Å². The average molecular weight is 306 g/mol. The Morgan fingerprint density at radius 2 is 2.09 bits per heavy atom. The fraction of sp³-hybridized carbons (Fsp3) is 0.500. The van der Waals surface area contributed by atoms with Gasteiger partial charge in [-0.25, -0.2) is 0 Å². The number of carboxylic acids is 1. The molecule has 0 aliphatic carbocycles. The minimum atomic E-state index is -0.757. The van der Waals surface area contributed by atoms with Crippen molar-refractivity contribution in [2.75, 3.05) is 26.4 Å². The fourth-order valence-corrected chi connectivity index (χ4v) is 2.47. The fourth-order valence-electron chi connectivity index (χ4n) is 2.47. The molecule has 1 amide bonds. The van der Waals surface area contributed by atoms with E-state index in [1.54, 1.807) is 0 Å². The van der Waals surface area contributed by atoms with E-state index in [1.165, 1.54) is 0 Å². The molecule has 2 rings (SSSR count). The maximum Gasteiger partial charge on any atom is 0.307 e. The summed E-state index contributed by atoms with van der Waals surface area (Å²) in [7, 11) is 0. The molecule has 0 bridgehead atoms. The van der Waals surface area contributed by atoms with E-state index in [4.69, 9.17) is 9.84 Å². The van der Waals surface area contributed by atoms with E-state index >= 15 is 0 Å². The number of hydrogen-bond donors (Lipinski definition) is 2. The van der Waals surface area contributed by atoms with Gasteiger partial charge in [-0.3, -0.25) is 14.5 Å². The SMILES string of the molecule is O=C(CCOc1ccccc1)NCN1CCCC(C(=O)O)C1. The predicted molar refractivity (Wildman–Crippen MR) is 81.5 cm³/mol. The molecule has 6 nitrogen and oxygen atoms in total. The minimum Gasteiger partial charge on any atom is -0.493 e. The maximum absolute atomic E-state index is 11.8. The van der Waals surface area contributed by atoms with E-state index in [-0.39, 0.29) is 18.2 Å². The van der Waals surface area contributed by atoms with Crippen molar-refractivity contribution in [3.8, 4) is 5.75 Å². The zero-order valence-corrected chi connectivity index (χ0v) is 12.5. The van der Waals surface area contributed by atoms with Gasteiger partial charge in [-0.2, -0.15) is 0 Å². The minimum absolute atomic E-state index is 0.0895. The molecular formula is C16H22N2O4. The zero-order valence-electron chi connectivity index (χ0n) is 12.5. The third kappa shape index (κ3) is 5.37. The number of nitrogens with zero attached hydrogens (tertiary/aromatic N) is 1.